The summed E-state index contributed by atoms with van der Waals surface area (Å²) in [7, 11) is 0. The molecule has 0 radical (unpaired) electrons. The molecule has 6 heteroatoms. The molecule has 104 valence electrons. The number of benzene rings is 2. The minimum absolute atomic E-state index is 0.000836. The molecular formula is C14H12ClFN2O2. The Bertz CT molecular complexity index is 617. The Morgan fingerprint density at radius 3 is 2.60 bits per heavy atom. The van der Waals surface area contributed by atoms with E-state index in [4.69, 9.17) is 22.2 Å². The summed E-state index contributed by atoms with van der Waals surface area (Å²) in [5.74, 6) is 4.65. The highest BCUT2D eigenvalue weighted by atomic mass is 35.5. The second-order valence-electron chi connectivity index (χ2n) is 4.02. The monoisotopic (exact) mass is 294 g/mol. The number of hydrogen-bond donors (Lipinski definition) is 2. The number of carbonyl (C=O) groups excluding carboxylic acids is 1. The highest BCUT2D eigenvalue weighted by Crippen LogP contribution is 2.18. The average molecular weight is 295 g/mol. The maximum Gasteiger partial charge on any atom is 0.265 e. The number of nitrogens with one attached hydrogen (secondary N) is 1. The van der Waals surface area contributed by atoms with Gasteiger partial charge in [0.05, 0.1) is 0 Å². The van der Waals surface area contributed by atoms with Gasteiger partial charge in [-0.05, 0) is 42.5 Å². The van der Waals surface area contributed by atoms with Gasteiger partial charge in [0.2, 0.25) is 0 Å². The van der Waals surface area contributed by atoms with Gasteiger partial charge in [0.1, 0.15) is 18.2 Å². The van der Waals surface area contributed by atoms with Gasteiger partial charge < -0.3 is 4.74 Å². The Labute approximate surface area is 120 Å². The first-order valence-electron chi connectivity index (χ1n) is 5.78. The lowest BCUT2D eigenvalue weighted by molar-refractivity contribution is 0.0953. The first kappa shape index (κ1) is 14.3. The lowest BCUT2D eigenvalue weighted by Gasteiger charge is -2.08. The second-order valence-corrected chi connectivity index (χ2v) is 4.46. The molecule has 0 aliphatic heterocycles. The lowest BCUT2D eigenvalue weighted by Crippen LogP contribution is -2.30. The first-order valence-corrected chi connectivity index (χ1v) is 6.15. The van der Waals surface area contributed by atoms with Crippen molar-refractivity contribution in [1.82, 2.24) is 5.43 Å². The molecule has 0 aliphatic rings. The number of hydrogen-bond acceptors (Lipinski definition) is 3. The van der Waals surface area contributed by atoms with E-state index in [1.165, 1.54) is 18.2 Å². The SMILES string of the molecule is NNC(=O)c1ccc(F)c(COc2ccc(Cl)cc2)c1. The molecule has 0 saturated carbocycles. The molecule has 0 unspecified atom stereocenters. The zero-order valence-electron chi connectivity index (χ0n) is 10.4. The number of hydrazine groups is 1. The molecule has 3 N–H and O–H groups in total. The van der Waals surface area contributed by atoms with E-state index in [1.54, 1.807) is 24.3 Å². The van der Waals surface area contributed by atoms with E-state index in [9.17, 15) is 9.18 Å². The van der Waals surface area contributed by atoms with Crippen LogP contribution in [0.1, 0.15) is 15.9 Å². The highest BCUT2D eigenvalue weighted by molar-refractivity contribution is 6.30. The Morgan fingerprint density at radius 1 is 1.25 bits per heavy atom. The van der Waals surface area contributed by atoms with Gasteiger partial charge in [0, 0.05) is 16.1 Å². The summed E-state index contributed by atoms with van der Waals surface area (Å²) >= 11 is 5.75. The molecular weight excluding hydrogens is 283 g/mol. The third-order valence-electron chi connectivity index (χ3n) is 2.65. The fourth-order valence-electron chi connectivity index (χ4n) is 1.60. The number of ether oxygens (including phenoxy) is 1. The average Bonchev–Trinajstić information content (AvgIpc) is 2.47. The zero-order chi connectivity index (χ0) is 14.5. The largest absolute Gasteiger partial charge is 0.489 e. The minimum Gasteiger partial charge on any atom is -0.489 e. The van der Waals surface area contributed by atoms with Gasteiger partial charge in [-0.1, -0.05) is 11.6 Å². The normalized spacial score (nSPS) is 10.2. The van der Waals surface area contributed by atoms with Crippen molar-refractivity contribution in [3.63, 3.8) is 0 Å². The number of amides is 1. The van der Waals surface area contributed by atoms with Crippen LogP contribution in [0.5, 0.6) is 5.75 Å². The molecule has 0 atom stereocenters. The summed E-state index contributed by atoms with van der Waals surface area (Å²) in [6, 6.07) is 10.6. The Balaban J connectivity index is 2.12. The summed E-state index contributed by atoms with van der Waals surface area (Å²) < 4.78 is 19.1. The van der Waals surface area contributed by atoms with Crippen molar-refractivity contribution in [3.05, 3.63) is 64.4 Å². The van der Waals surface area contributed by atoms with E-state index in [-0.39, 0.29) is 17.7 Å². The quantitative estimate of drug-likeness (QED) is 0.518. The van der Waals surface area contributed by atoms with Crippen molar-refractivity contribution in [2.45, 2.75) is 6.61 Å². The Hall–Kier alpha value is -2.11. The van der Waals surface area contributed by atoms with E-state index in [2.05, 4.69) is 0 Å². The third kappa shape index (κ3) is 3.46. The maximum absolute atomic E-state index is 13.6. The maximum atomic E-state index is 13.6. The number of halogens is 2. The highest BCUT2D eigenvalue weighted by Gasteiger charge is 2.09. The van der Waals surface area contributed by atoms with Crippen molar-refractivity contribution in [3.8, 4) is 5.75 Å². The summed E-state index contributed by atoms with van der Waals surface area (Å²) in [4.78, 5) is 11.4. The van der Waals surface area contributed by atoms with E-state index in [0.717, 1.165) is 0 Å². The number of nitrogens with two attached hydrogens (primary N) is 1. The number of nitrogen functional groups attached to an aromatic ring is 1. The molecule has 0 heterocycles. The van der Waals surface area contributed by atoms with Crippen molar-refractivity contribution in [2.75, 3.05) is 0 Å². The van der Waals surface area contributed by atoms with Gasteiger partial charge in [-0.15, -0.1) is 0 Å². The van der Waals surface area contributed by atoms with Crippen LogP contribution in [0.15, 0.2) is 42.5 Å². The molecule has 0 spiro atoms. The Morgan fingerprint density at radius 2 is 1.95 bits per heavy atom. The molecule has 0 aromatic heterocycles. The lowest BCUT2D eigenvalue weighted by atomic mass is 10.1. The minimum atomic E-state index is -0.488. The van der Waals surface area contributed by atoms with Gasteiger partial charge in [-0.25, -0.2) is 10.2 Å². The van der Waals surface area contributed by atoms with Gasteiger partial charge in [0.15, 0.2) is 0 Å². The van der Waals surface area contributed by atoms with Gasteiger partial charge in [0.25, 0.3) is 5.91 Å². The van der Waals surface area contributed by atoms with E-state index in [0.29, 0.717) is 10.8 Å². The zero-order valence-corrected chi connectivity index (χ0v) is 11.2. The van der Waals surface area contributed by atoms with Gasteiger partial charge >= 0.3 is 0 Å². The van der Waals surface area contributed by atoms with E-state index in [1.807, 2.05) is 5.43 Å². The van der Waals surface area contributed by atoms with E-state index < -0.39 is 11.7 Å². The van der Waals surface area contributed by atoms with Crippen LogP contribution in [0, 0.1) is 5.82 Å². The molecule has 2 aromatic rings. The van der Waals surface area contributed by atoms with Crippen LogP contribution in [0.4, 0.5) is 4.39 Å². The van der Waals surface area contributed by atoms with Crippen LogP contribution in [-0.4, -0.2) is 5.91 Å². The number of rotatable bonds is 4. The molecule has 0 aliphatic carbocycles. The molecule has 2 rings (SSSR count). The fourth-order valence-corrected chi connectivity index (χ4v) is 1.73. The van der Waals surface area contributed by atoms with Crippen LogP contribution in [0.2, 0.25) is 5.02 Å². The predicted octanol–water partition coefficient (Wildman–Crippen LogP) is 2.66. The smallest absolute Gasteiger partial charge is 0.265 e. The summed E-state index contributed by atoms with van der Waals surface area (Å²) in [6.07, 6.45) is 0. The molecule has 0 fully saturated rings. The molecule has 2 aromatic carbocycles. The van der Waals surface area contributed by atoms with Crippen LogP contribution >= 0.6 is 11.6 Å². The van der Waals surface area contributed by atoms with Crippen molar-refractivity contribution in [1.29, 1.82) is 0 Å². The van der Waals surface area contributed by atoms with Gasteiger partial charge in [-0.2, -0.15) is 0 Å². The van der Waals surface area contributed by atoms with Crippen LogP contribution in [0.3, 0.4) is 0 Å². The summed E-state index contributed by atoms with van der Waals surface area (Å²) in [5, 5.41) is 0.588. The summed E-state index contributed by atoms with van der Waals surface area (Å²) in [5.41, 5.74) is 2.52. The van der Waals surface area contributed by atoms with Crippen LogP contribution in [0.25, 0.3) is 0 Å². The third-order valence-corrected chi connectivity index (χ3v) is 2.90. The van der Waals surface area contributed by atoms with Crippen molar-refractivity contribution < 1.29 is 13.9 Å². The predicted molar refractivity (Wildman–Crippen MR) is 73.8 cm³/mol. The first-order chi connectivity index (χ1) is 9.60. The van der Waals surface area contributed by atoms with E-state index >= 15 is 0 Å². The van der Waals surface area contributed by atoms with Crippen molar-refractivity contribution >= 4 is 17.5 Å². The van der Waals surface area contributed by atoms with Crippen LogP contribution in [-0.2, 0) is 6.61 Å². The van der Waals surface area contributed by atoms with Gasteiger partial charge in [-0.3, -0.25) is 10.2 Å². The molecule has 0 saturated heterocycles. The van der Waals surface area contributed by atoms with Crippen LogP contribution < -0.4 is 16.0 Å². The topological polar surface area (TPSA) is 64.3 Å². The fraction of sp³-hybridized carbons (Fsp3) is 0.0714. The molecule has 0 bridgehead atoms. The summed E-state index contributed by atoms with van der Waals surface area (Å²) in [6.45, 7) is -0.000836. The Kier molecular flexibility index (Phi) is 4.55. The second kappa shape index (κ2) is 6.36. The molecule has 20 heavy (non-hydrogen) atoms. The van der Waals surface area contributed by atoms with Crippen molar-refractivity contribution in [2.24, 2.45) is 5.84 Å². The standard InChI is InChI=1S/C14H12ClFN2O2/c15-11-2-4-12(5-3-11)20-8-10-7-9(14(19)18-17)1-6-13(10)16/h1-7H,8,17H2,(H,18,19). The molecule has 1 amide bonds. The molecule has 4 nitrogen and oxygen atoms in total. The number of carbonyl (C=O) groups is 1.